The van der Waals surface area contributed by atoms with Gasteiger partial charge in [-0.05, 0) is 6.92 Å². The summed E-state index contributed by atoms with van der Waals surface area (Å²) in [6.07, 6.45) is 0.535. The Morgan fingerprint density at radius 3 is 2.78 bits per heavy atom. The van der Waals surface area contributed by atoms with Crippen molar-refractivity contribution in [1.82, 2.24) is 20.4 Å². The summed E-state index contributed by atoms with van der Waals surface area (Å²) < 4.78 is 5.25. The molecule has 0 bridgehead atoms. The highest BCUT2D eigenvalue weighted by atomic mass is 32.2. The fourth-order valence-electron chi connectivity index (χ4n) is 2.33. The number of benzene rings is 1. The SMILES string of the molecule is Cc1ccc(-c2noc(CCNC(=O)N3CCSCC3)n2)cc1. The number of aromatic nitrogens is 2. The zero-order valence-electron chi connectivity index (χ0n) is 13.1. The lowest BCUT2D eigenvalue weighted by Crippen LogP contribution is -2.44. The van der Waals surface area contributed by atoms with Gasteiger partial charge in [0.15, 0.2) is 0 Å². The summed E-state index contributed by atoms with van der Waals surface area (Å²) in [5, 5.41) is 6.90. The molecule has 1 aliphatic rings. The van der Waals surface area contributed by atoms with Gasteiger partial charge in [-0.1, -0.05) is 35.0 Å². The van der Waals surface area contributed by atoms with E-state index in [1.165, 1.54) is 5.56 Å². The van der Waals surface area contributed by atoms with Crippen LogP contribution in [0.15, 0.2) is 28.8 Å². The average molecular weight is 332 g/mol. The molecule has 23 heavy (non-hydrogen) atoms. The second kappa shape index (κ2) is 7.50. The van der Waals surface area contributed by atoms with E-state index >= 15 is 0 Å². The van der Waals surface area contributed by atoms with Crippen molar-refractivity contribution in [2.75, 3.05) is 31.1 Å². The van der Waals surface area contributed by atoms with Gasteiger partial charge in [-0.2, -0.15) is 16.7 Å². The lowest BCUT2D eigenvalue weighted by atomic mass is 10.1. The van der Waals surface area contributed by atoms with Gasteiger partial charge < -0.3 is 14.7 Å². The number of rotatable bonds is 4. The van der Waals surface area contributed by atoms with E-state index in [1.807, 2.05) is 47.9 Å². The van der Waals surface area contributed by atoms with Crippen molar-refractivity contribution < 1.29 is 9.32 Å². The molecule has 3 rings (SSSR count). The summed E-state index contributed by atoms with van der Waals surface area (Å²) in [5.74, 6) is 3.14. The van der Waals surface area contributed by atoms with Gasteiger partial charge in [-0.15, -0.1) is 0 Å². The van der Waals surface area contributed by atoms with E-state index in [9.17, 15) is 4.79 Å². The first-order valence-corrected chi connectivity index (χ1v) is 8.88. The maximum absolute atomic E-state index is 12.0. The number of aryl methyl sites for hydroxylation is 1. The van der Waals surface area contributed by atoms with Gasteiger partial charge in [0, 0.05) is 43.1 Å². The first kappa shape index (κ1) is 15.9. The molecule has 1 aromatic carbocycles. The molecule has 2 heterocycles. The Hall–Kier alpha value is -2.02. The molecule has 0 saturated carbocycles. The van der Waals surface area contributed by atoms with Crippen LogP contribution >= 0.6 is 11.8 Å². The number of carbonyl (C=O) groups is 1. The van der Waals surface area contributed by atoms with Gasteiger partial charge in [0.05, 0.1) is 0 Å². The van der Waals surface area contributed by atoms with Crippen molar-refractivity contribution in [2.24, 2.45) is 0 Å². The lowest BCUT2D eigenvalue weighted by Gasteiger charge is -2.26. The van der Waals surface area contributed by atoms with E-state index in [0.29, 0.717) is 24.7 Å². The monoisotopic (exact) mass is 332 g/mol. The molecule has 1 fully saturated rings. The molecule has 1 aromatic heterocycles. The number of urea groups is 1. The van der Waals surface area contributed by atoms with Crippen LogP contribution in [0.4, 0.5) is 4.79 Å². The number of hydrogen-bond donors (Lipinski definition) is 1. The van der Waals surface area contributed by atoms with Crippen LogP contribution in [-0.4, -0.2) is 52.2 Å². The van der Waals surface area contributed by atoms with E-state index in [-0.39, 0.29) is 6.03 Å². The molecule has 2 amide bonds. The maximum atomic E-state index is 12.0. The highest BCUT2D eigenvalue weighted by molar-refractivity contribution is 7.99. The third kappa shape index (κ3) is 4.25. The predicted molar refractivity (Wildman–Crippen MR) is 90.5 cm³/mol. The summed E-state index contributed by atoms with van der Waals surface area (Å²) in [6.45, 7) is 4.16. The largest absolute Gasteiger partial charge is 0.339 e. The van der Waals surface area contributed by atoms with Crippen LogP contribution in [-0.2, 0) is 6.42 Å². The fraction of sp³-hybridized carbons (Fsp3) is 0.438. The topological polar surface area (TPSA) is 71.3 Å². The van der Waals surface area contributed by atoms with Crippen molar-refractivity contribution in [1.29, 1.82) is 0 Å². The molecule has 122 valence electrons. The van der Waals surface area contributed by atoms with Crippen molar-refractivity contribution in [3.63, 3.8) is 0 Å². The molecule has 7 heteroatoms. The third-order valence-electron chi connectivity index (χ3n) is 3.69. The molecule has 1 saturated heterocycles. The number of hydrogen-bond acceptors (Lipinski definition) is 5. The second-order valence-corrected chi connectivity index (χ2v) is 6.68. The molecule has 0 spiro atoms. The Bertz CT molecular complexity index is 650. The van der Waals surface area contributed by atoms with Crippen molar-refractivity contribution >= 4 is 17.8 Å². The summed E-state index contributed by atoms with van der Waals surface area (Å²) in [6, 6.07) is 7.97. The van der Waals surface area contributed by atoms with Crippen LogP contribution in [0.3, 0.4) is 0 Å². The van der Waals surface area contributed by atoms with Gasteiger partial charge in [-0.3, -0.25) is 0 Å². The molecule has 1 N–H and O–H groups in total. The molecule has 0 atom stereocenters. The third-order valence-corrected chi connectivity index (χ3v) is 4.63. The number of carbonyl (C=O) groups excluding carboxylic acids is 1. The van der Waals surface area contributed by atoms with E-state index in [0.717, 1.165) is 30.2 Å². The zero-order chi connectivity index (χ0) is 16.1. The van der Waals surface area contributed by atoms with Crippen molar-refractivity contribution in [2.45, 2.75) is 13.3 Å². The molecular formula is C16H20N4O2S. The molecule has 1 aliphatic heterocycles. The Balaban J connectivity index is 1.49. The number of thioether (sulfide) groups is 1. The van der Waals surface area contributed by atoms with Crippen LogP contribution in [0.25, 0.3) is 11.4 Å². The van der Waals surface area contributed by atoms with Gasteiger partial charge in [0.2, 0.25) is 11.7 Å². The van der Waals surface area contributed by atoms with E-state index in [4.69, 9.17) is 4.52 Å². The molecule has 0 aliphatic carbocycles. The fourth-order valence-corrected chi connectivity index (χ4v) is 3.23. The predicted octanol–water partition coefficient (Wildman–Crippen LogP) is 2.35. The average Bonchev–Trinajstić information content (AvgIpc) is 3.05. The molecule has 2 aromatic rings. The highest BCUT2D eigenvalue weighted by Crippen LogP contribution is 2.16. The normalized spacial score (nSPS) is 14.7. The van der Waals surface area contributed by atoms with Crippen LogP contribution in [0.1, 0.15) is 11.5 Å². The molecule has 0 unspecified atom stereocenters. The van der Waals surface area contributed by atoms with Crippen LogP contribution < -0.4 is 5.32 Å². The lowest BCUT2D eigenvalue weighted by molar-refractivity contribution is 0.203. The minimum Gasteiger partial charge on any atom is -0.339 e. The number of amides is 2. The highest BCUT2D eigenvalue weighted by Gasteiger charge is 2.16. The van der Waals surface area contributed by atoms with Crippen molar-refractivity contribution in [3.8, 4) is 11.4 Å². The quantitative estimate of drug-likeness (QED) is 0.930. The minimum absolute atomic E-state index is 0.0106. The van der Waals surface area contributed by atoms with Crippen molar-refractivity contribution in [3.05, 3.63) is 35.7 Å². The summed E-state index contributed by atoms with van der Waals surface area (Å²) >= 11 is 1.88. The summed E-state index contributed by atoms with van der Waals surface area (Å²) in [5.41, 5.74) is 2.12. The van der Waals surface area contributed by atoms with E-state index in [1.54, 1.807) is 0 Å². The number of nitrogens with zero attached hydrogens (tertiary/aromatic N) is 3. The molecular weight excluding hydrogens is 312 g/mol. The van der Waals surface area contributed by atoms with Gasteiger partial charge in [0.1, 0.15) is 0 Å². The molecule has 0 radical (unpaired) electrons. The first-order chi connectivity index (χ1) is 11.2. The van der Waals surface area contributed by atoms with Crippen LogP contribution in [0.2, 0.25) is 0 Å². The Morgan fingerprint density at radius 1 is 1.30 bits per heavy atom. The Morgan fingerprint density at radius 2 is 2.04 bits per heavy atom. The summed E-state index contributed by atoms with van der Waals surface area (Å²) in [4.78, 5) is 18.2. The van der Waals surface area contributed by atoms with E-state index in [2.05, 4.69) is 15.5 Å². The van der Waals surface area contributed by atoms with Gasteiger partial charge in [-0.25, -0.2) is 4.79 Å². The Labute approximate surface area is 139 Å². The summed E-state index contributed by atoms with van der Waals surface area (Å²) in [7, 11) is 0. The van der Waals surface area contributed by atoms with Gasteiger partial charge >= 0.3 is 6.03 Å². The van der Waals surface area contributed by atoms with Gasteiger partial charge in [0.25, 0.3) is 0 Å². The Kier molecular flexibility index (Phi) is 5.17. The van der Waals surface area contributed by atoms with Crippen LogP contribution in [0, 0.1) is 6.92 Å². The second-order valence-electron chi connectivity index (χ2n) is 5.46. The van der Waals surface area contributed by atoms with E-state index < -0.39 is 0 Å². The molecule has 6 nitrogen and oxygen atoms in total. The minimum atomic E-state index is -0.0106. The zero-order valence-corrected chi connectivity index (χ0v) is 13.9. The van der Waals surface area contributed by atoms with Crippen LogP contribution in [0.5, 0.6) is 0 Å². The first-order valence-electron chi connectivity index (χ1n) is 7.72. The smallest absolute Gasteiger partial charge is 0.317 e. The maximum Gasteiger partial charge on any atom is 0.317 e. The standard InChI is InChI=1S/C16H20N4O2S/c1-12-2-4-13(5-3-12)15-18-14(22-19-15)6-7-17-16(21)20-8-10-23-11-9-20/h2-5H,6-11H2,1H3,(H,17,21). The number of nitrogens with one attached hydrogen (secondary N) is 1.